The van der Waals surface area contributed by atoms with Crippen LogP contribution in [0.5, 0.6) is 5.88 Å². The molecule has 1 aromatic heterocycles. The highest BCUT2D eigenvalue weighted by molar-refractivity contribution is 5.81. The molecule has 0 aliphatic carbocycles. The lowest BCUT2D eigenvalue weighted by Gasteiger charge is -2.20. The first-order valence-electron chi connectivity index (χ1n) is 7.73. The number of carbonyl (C=O) groups is 1. The SMILES string of the molecule is COCCCOc1cnc(-c2cccc(C(C)(C)C(=O)O)c2)cn1. The van der Waals surface area contributed by atoms with E-state index in [-0.39, 0.29) is 0 Å². The van der Waals surface area contributed by atoms with Gasteiger partial charge < -0.3 is 14.6 Å². The normalized spacial score (nSPS) is 11.3. The topological polar surface area (TPSA) is 81.5 Å². The van der Waals surface area contributed by atoms with Crippen molar-refractivity contribution < 1.29 is 19.4 Å². The third-order valence-electron chi connectivity index (χ3n) is 3.79. The Morgan fingerprint density at radius 1 is 1.21 bits per heavy atom. The molecule has 2 aromatic rings. The van der Waals surface area contributed by atoms with Gasteiger partial charge in [-0.05, 0) is 25.5 Å². The van der Waals surface area contributed by atoms with Crippen molar-refractivity contribution >= 4 is 5.97 Å². The van der Waals surface area contributed by atoms with Crippen molar-refractivity contribution in [1.29, 1.82) is 0 Å². The Labute approximate surface area is 141 Å². The van der Waals surface area contributed by atoms with E-state index in [0.717, 1.165) is 12.0 Å². The number of methoxy groups -OCH3 is 1. The van der Waals surface area contributed by atoms with Crippen molar-refractivity contribution in [3.63, 3.8) is 0 Å². The predicted molar refractivity (Wildman–Crippen MR) is 90.1 cm³/mol. The average molecular weight is 330 g/mol. The molecule has 0 saturated carbocycles. The Morgan fingerprint density at radius 2 is 2.00 bits per heavy atom. The molecular formula is C18H22N2O4. The molecule has 6 heteroatoms. The van der Waals surface area contributed by atoms with E-state index in [1.807, 2.05) is 18.2 Å². The zero-order valence-corrected chi connectivity index (χ0v) is 14.2. The number of hydrogen-bond acceptors (Lipinski definition) is 5. The molecule has 6 nitrogen and oxygen atoms in total. The summed E-state index contributed by atoms with van der Waals surface area (Å²) >= 11 is 0. The van der Waals surface area contributed by atoms with Crippen molar-refractivity contribution in [2.75, 3.05) is 20.3 Å². The minimum Gasteiger partial charge on any atom is -0.481 e. The number of nitrogens with zero attached hydrogens (tertiary/aromatic N) is 2. The molecule has 0 saturated heterocycles. The van der Waals surface area contributed by atoms with E-state index >= 15 is 0 Å². The van der Waals surface area contributed by atoms with Crippen LogP contribution in [0.2, 0.25) is 0 Å². The van der Waals surface area contributed by atoms with Gasteiger partial charge in [0.2, 0.25) is 5.88 Å². The van der Waals surface area contributed by atoms with E-state index in [4.69, 9.17) is 9.47 Å². The van der Waals surface area contributed by atoms with Crippen LogP contribution >= 0.6 is 0 Å². The summed E-state index contributed by atoms with van der Waals surface area (Å²) in [5.41, 5.74) is 1.24. The predicted octanol–water partition coefficient (Wildman–Crippen LogP) is 2.92. The summed E-state index contributed by atoms with van der Waals surface area (Å²) in [7, 11) is 1.65. The summed E-state index contributed by atoms with van der Waals surface area (Å²) in [6.45, 7) is 4.51. The Balaban J connectivity index is 2.13. The lowest BCUT2D eigenvalue weighted by atomic mass is 9.84. The summed E-state index contributed by atoms with van der Waals surface area (Å²) in [5.74, 6) is -0.414. The number of benzene rings is 1. The molecule has 24 heavy (non-hydrogen) atoms. The third kappa shape index (κ3) is 4.29. The van der Waals surface area contributed by atoms with Crippen LogP contribution in [0, 0.1) is 0 Å². The number of carboxylic acids is 1. The first kappa shape index (κ1) is 17.9. The maximum absolute atomic E-state index is 11.4. The first-order valence-corrected chi connectivity index (χ1v) is 7.73. The molecule has 0 unspecified atom stereocenters. The largest absolute Gasteiger partial charge is 0.481 e. The van der Waals surface area contributed by atoms with Gasteiger partial charge in [0.25, 0.3) is 0 Å². The van der Waals surface area contributed by atoms with E-state index in [1.165, 1.54) is 0 Å². The molecule has 0 fully saturated rings. The molecule has 1 N–H and O–H groups in total. The first-order chi connectivity index (χ1) is 11.4. The average Bonchev–Trinajstić information content (AvgIpc) is 2.59. The number of rotatable bonds is 8. The highest BCUT2D eigenvalue weighted by atomic mass is 16.5. The fourth-order valence-corrected chi connectivity index (χ4v) is 2.11. The van der Waals surface area contributed by atoms with Crippen LogP contribution in [-0.2, 0) is 14.9 Å². The molecule has 0 aliphatic heterocycles. The fraction of sp³-hybridized carbons (Fsp3) is 0.389. The van der Waals surface area contributed by atoms with Crippen molar-refractivity contribution in [3.05, 3.63) is 42.2 Å². The van der Waals surface area contributed by atoms with Crippen LogP contribution in [0.3, 0.4) is 0 Å². The lowest BCUT2D eigenvalue weighted by Crippen LogP contribution is -2.28. The van der Waals surface area contributed by atoms with E-state index < -0.39 is 11.4 Å². The van der Waals surface area contributed by atoms with Crippen molar-refractivity contribution in [1.82, 2.24) is 9.97 Å². The van der Waals surface area contributed by atoms with Gasteiger partial charge in [-0.3, -0.25) is 4.79 Å². The van der Waals surface area contributed by atoms with Gasteiger partial charge in [0, 0.05) is 25.7 Å². The van der Waals surface area contributed by atoms with Crippen molar-refractivity contribution in [2.45, 2.75) is 25.7 Å². The molecule has 0 radical (unpaired) electrons. The van der Waals surface area contributed by atoms with Gasteiger partial charge >= 0.3 is 5.97 Å². The van der Waals surface area contributed by atoms with E-state index in [0.29, 0.717) is 30.4 Å². The van der Waals surface area contributed by atoms with E-state index in [1.54, 1.807) is 39.4 Å². The van der Waals surface area contributed by atoms with Gasteiger partial charge in [0.15, 0.2) is 0 Å². The molecule has 1 heterocycles. The highest BCUT2D eigenvalue weighted by Gasteiger charge is 2.29. The zero-order chi connectivity index (χ0) is 17.6. The van der Waals surface area contributed by atoms with Crippen LogP contribution in [-0.4, -0.2) is 41.4 Å². The van der Waals surface area contributed by atoms with Gasteiger partial charge in [-0.1, -0.05) is 18.2 Å². The quantitative estimate of drug-likeness (QED) is 0.750. The second-order valence-corrected chi connectivity index (χ2v) is 5.95. The van der Waals surface area contributed by atoms with Gasteiger partial charge in [-0.25, -0.2) is 9.97 Å². The molecule has 128 valence electrons. The molecule has 1 aromatic carbocycles. The minimum atomic E-state index is -0.964. The van der Waals surface area contributed by atoms with Crippen LogP contribution in [0.1, 0.15) is 25.8 Å². The van der Waals surface area contributed by atoms with Gasteiger partial charge in [0.1, 0.15) is 0 Å². The lowest BCUT2D eigenvalue weighted by molar-refractivity contribution is -0.142. The number of ether oxygens (including phenoxy) is 2. The highest BCUT2D eigenvalue weighted by Crippen LogP contribution is 2.27. The van der Waals surface area contributed by atoms with Crippen LogP contribution < -0.4 is 4.74 Å². The zero-order valence-electron chi connectivity index (χ0n) is 14.2. The summed E-state index contributed by atoms with van der Waals surface area (Å²) in [6.07, 6.45) is 3.97. The smallest absolute Gasteiger partial charge is 0.313 e. The summed E-state index contributed by atoms with van der Waals surface area (Å²) in [4.78, 5) is 20.0. The molecule has 0 spiro atoms. The Bertz CT molecular complexity index is 684. The second kappa shape index (κ2) is 7.88. The fourth-order valence-electron chi connectivity index (χ4n) is 2.11. The number of hydrogen-bond donors (Lipinski definition) is 1. The summed E-state index contributed by atoms with van der Waals surface area (Å²) in [6, 6.07) is 7.34. The standard InChI is InChI=1S/C18H22N2O4/c1-18(2,17(21)22)14-7-4-6-13(10-14)15-11-20-16(12-19-15)24-9-5-8-23-3/h4,6-7,10-12H,5,8-9H2,1-3H3,(H,21,22). The molecule has 0 bridgehead atoms. The van der Waals surface area contributed by atoms with Crippen molar-refractivity contribution in [2.24, 2.45) is 0 Å². The molecule has 0 atom stereocenters. The van der Waals surface area contributed by atoms with Gasteiger partial charge in [-0.2, -0.15) is 0 Å². The second-order valence-electron chi connectivity index (χ2n) is 5.95. The van der Waals surface area contributed by atoms with Gasteiger partial charge in [-0.15, -0.1) is 0 Å². The Hall–Kier alpha value is -2.47. The van der Waals surface area contributed by atoms with E-state index in [2.05, 4.69) is 9.97 Å². The monoisotopic (exact) mass is 330 g/mol. The molecule has 2 rings (SSSR count). The van der Waals surface area contributed by atoms with Gasteiger partial charge in [0.05, 0.1) is 30.1 Å². The van der Waals surface area contributed by atoms with Crippen molar-refractivity contribution in [3.8, 4) is 17.1 Å². The number of carboxylic acid groups (broad SMARTS) is 1. The molecule has 0 aliphatic rings. The van der Waals surface area contributed by atoms with Crippen LogP contribution in [0.25, 0.3) is 11.3 Å². The Morgan fingerprint density at radius 3 is 2.62 bits per heavy atom. The minimum absolute atomic E-state index is 0.455. The summed E-state index contributed by atoms with van der Waals surface area (Å²) in [5, 5.41) is 9.36. The summed E-state index contributed by atoms with van der Waals surface area (Å²) < 4.78 is 10.4. The molecular weight excluding hydrogens is 308 g/mol. The molecule has 0 amide bonds. The number of aliphatic carboxylic acids is 1. The number of aromatic nitrogens is 2. The maximum atomic E-state index is 11.4. The third-order valence-corrected chi connectivity index (χ3v) is 3.79. The van der Waals surface area contributed by atoms with E-state index in [9.17, 15) is 9.90 Å². The Kier molecular flexibility index (Phi) is 5.87. The van der Waals surface area contributed by atoms with Crippen LogP contribution in [0.4, 0.5) is 0 Å². The maximum Gasteiger partial charge on any atom is 0.313 e. The van der Waals surface area contributed by atoms with Crippen LogP contribution in [0.15, 0.2) is 36.7 Å².